The highest BCUT2D eigenvalue weighted by Crippen LogP contribution is 2.39. The fraction of sp³-hybridized carbons (Fsp3) is 0.333. The van der Waals surface area contributed by atoms with Gasteiger partial charge in [-0.2, -0.15) is 0 Å². The Morgan fingerprint density at radius 3 is 2.52 bits per heavy atom. The van der Waals surface area contributed by atoms with Crippen LogP contribution in [0, 0.1) is 0 Å². The lowest BCUT2D eigenvalue weighted by molar-refractivity contribution is -0.228. The number of hydrogen-bond acceptors (Lipinski definition) is 6. The Kier molecular flexibility index (Phi) is 8.10. The van der Waals surface area contributed by atoms with Crippen LogP contribution in [-0.2, 0) is 24.8 Å². The van der Waals surface area contributed by atoms with E-state index < -0.39 is 13.9 Å². The molecule has 7 heteroatoms. The molecular formula is C24H27NO5P-. The normalized spacial score (nSPS) is 13.4. The van der Waals surface area contributed by atoms with Crippen LogP contribution in [0.3, 0.4) is 0 Å². The topological polar surface area (TPSA) is 88.5 Å². The lowest BCUT2D eigenvalue weighted by Crippen LogP contribution is -2.13. The van der Waals surface area contributed by atoms with Gasteiger partial charge in [0, 0.05) is 30.0 Å². The van der Waals surface area contributed by atoms with Crippen molar-refractivity contribution in [1.82, 2.24) is 4.98 Å². The first-order chi connectivity index (χ1) is 14.9. The quantitative estimate of drug-likeness (QED) is 0.305. The number of nitrogens with zero attached hydrogens (tertiary/aromatic N) is 1. The molecule has 164 valence electrons. The molecule has 0 aliphatic rings. The lowest BCUT2D eigenvalue weighted by atomic mass is 9.95. The molecule has 0 saturated heterocycles. The van der Waals surface area contributed by atoms with Crippen LogP contribution in [0.25, 0.3) is 21.9 Å². The Balaban J connectivity index is 1.63. The van der Waals surface area contributed by atoms with Crippen LogP contribution < -0.4 is 4.89 Å². The van der Waals surface area contributed by atoms with E-state index in [1.54, 1.807) is 20.0 Å². The predicted octanol–water partition coefficient (Wildman–Crippen LogP) is 5.09. The van der Waals surface area contributed by atoms with Crippen molar-refractivity contribution in [2.75, 3.05) is 6.61 Å². The SMILES string of the molecule is CC(C)OP(=O)([O-])OCCCCC(=O)Cc1ncc2ccccc2c1-c1ccccc1. The number of rotatable bonds is 11. The molecule has 0 radical (unpaired) electrons. The Bertz CT molecular complexity index is 1070. The number of pyridine rings is 1. The minimum Gasteiger partial charge on any atom is -0.756 e. The third-order valence-corrected chi connectivity index (χ3v) is 5.92. The number of unbranched alkanes of at least 4 members (excludes halogenated alkanes) is 1. The zero-order valence-corrected chi connectivity index (χ0v) is 18.7. The number of fused-ring (bicyclic) bond motifs is 1. The third kappa shape index (κ3) is 6.81. The van der Waals surface area contributed by atoms with Crippen molar-refractivity contribution in [2.24, 2.45) is 0 Å². The van der Waals surface area contributed by atoms with E-state index in [0.29, 0.717) is 19.3 Å². The van der Waals surface area contributed by atoms with Crippen LogP contribution in [0.4, 0.5) is 0 Å². The van der Waals surface area contributed by atoms with E-state index in [1.165, 1.54) is 0 Å². The number of phosphoric acid groups is 1. The Hall–Kier alpha value is -2.37. The van der Waals surface area contributed by atoms with Crippen molar-refractivity contribution >= 4 is 24.4 Å². The van der Waals surface area contributed by atoms with Crippen molar-refractivity contribution in [3.05, 3.63) is 66.5 Å². The molecule has 0 saturated carbocycles. The molecule has 31 heavy (non-hydrogen) atoms. The van der Waals surface area contributed by atoms with Crippen LogP contribution in [0.5, 0.6) is 0 Å². The van der Waals surface area contributed by atoms with Crippen molar-refractivity contribution in [3.8, 4) is 11.1 Å². The minimum atomic E-state index is -4.28. The summed E-state index contributed by atoms with van der Waals surface area (Å²) in [5, 5.41) is 2.09. The summed E-state index contributed by atoms with van der Waals surface area (Å²) in [7, 11) is -4.28. The van der Waals surface area contributed by atoms with Gasteiger partial charge in [0.15, 0.2) is 0 Å². The van der Waals surface area contributed by atoms with Crippen molar-refractivity contribution < 1.29 is 23.3 Å². The second-order valence-electron chi connectivity index (χ2n) is 7.64. The van der Waals surface area contributed by atoms with Gasteiger partial charge in [-0.25, -0.2) is 0 Å². The van der Waals surface area contributed by atoms with Crippen molar-refractivity contribution in [2.45, 2.75) is 45.6 Å². The molecule has 1 aromatic heterocycles. The number of hydrogen-bond donors (Lipinski definition) is 0. The maximum Gasteiger partial charge on any atom is 0.268 e. The highest BCUT2D eigenvalue weighted by molar-refractivity contribution is 7.45. The Labute approximate surface area is 182 Å². The first-order valence-electron chi connectivity index (χ1n) is 10.4. The monoisotopic (exact) mass is 440 g/mol. The minimum absolute atomic E-state index is 0.00423. The molecular weight excluding hydrogens is 413 g/mol. The standard InChI is InChI=1S/C24H28NO5P/c1-18(2)30-31(27,28)29-15-9-8-13-21(26)16-23-24(19-10-4-3-5-11-19)22-14-7-6-12-20(22)17-25-23/h3-7,10-12,14,17-18H,8-9,13,15-16H2,1-2H3,(H,27,28)/p-1. The fourth-order valence-corrected chi connectivity index (χ4v) is 4.36. The molecule has 3 rings (SSSR count). The van der Waals surface area contributed by atoms with Gasteiger partial charge in [-0.15, -0.1) is 0 Å². The lowest BCUT2D eigenvalue weighted by Gasteiger charge is -2.24. The third-order valence-electron chi connectivity index (χ3n) is 4.74. The van der Waals surface area contributed by atoms with Gasteiger partial charge in [-0.3, -0.25) is 14.3 Å². The number of aromatic nitrogens is 1. The zero-order chi connectivity index (χ0) is 22.3. The molecule has 1 atom stereocenters. The second kappa shape index (κ2) is 10.8. The number of Topliss-reactive ketones (excluding diaryl/α,β-unsaturated/α-hetero) is 1. The molecule has 1 unspecified atom stereocenters. The summed E-state index contributed by atoms with van der Waals surface area (Å²) in [6.45, 7) is 3.25. The fourth-order valence-electron chi connectivity index (χ4n) is 3.43. The van der Waals surface area contributed by atoms with Gasteiger partial charge in [0.2, 0.25) is 0 Å². The Morgan fingerprint density at radius 2 is 1.77 bits per heavy atom. The largest absolute Gasteiger partial charge is 0.756 e. The van der Waals surface area contributed by atoms with Gasteiger partial charge in [0.05, 0.1) is 18.4 Å². The smallest absolute Gasteiger partial charge is 0.268 e. The van der Waals surface area contributed by atoms with Gasteiger partial charge < -0.3 is 13.9 Å². The number of phosphoric ester groups is 1. The molecule has 0 amide bonds. The van der Waals surface area contributed by atoms with E-state index in [-0.39, 0.29) is 18.8 Å². The maximum atomic E-state index is 12.6. The van der Waals surface area contributed by atoms with Crippen LogP contribution in [0.15, 0.2) is 60.8 Å². The molecule has 1 heterocycles. The molecule has 0 aliphatic carbocycles. The summed E-state index contributed by atoms with van der Waals surface area (Å²) in [4.78, 5) is 28.8. The number of carbonyl (C=O) groups excluding carboxylic acids is 1. The molecule has 0 spiro atoms. The second-order valence-corrected chi connectivity index (χ2v) is 9.00. The van der Waals surface area contributed by atoms with E-state index in [0.717, 1.165) is 27.6 Å². The van der Waals surface area contributed by atoms with Crippen molar-refractivity contribution in [1.29, 1.82) is 0 Å². The molecule has 2 aromatic carbocycles. The van der Waals surface area contributed by atoms with Gasteiger partial charge in [-0.05, 0) is 37.6 Å². The average molecular weight is 440 g/mol. The highest BCUT2D eigenvalue weighted by atomic mass is 31.2. The summed E-state index contributed by atoms with van der Waals surface area (Å²) < 4.78 is 21.1. The molecule has 3 aromatic rings. The van der Waals surface area contributed by atoms with Gasteiger partial charge in [0.25, 0.3) is 7.82 Å². The van der Waals surface area contributed by atoms with Crippen molar-refractivity contribution in [3.63, 3.8) is 0 Å². The molecule has 6 nitrogen and oxygen atoms in total. The van der Waals surface area contributed by atoms with Gasteiger partial charge in [0.1, 0.15) is 5.78 Å². The first-order valence-corrected chi connectivity index (χ1v) is 11.9. The summed E-state index contributed by atoms with van der Waals surface area (Å²) in [6.07, 6.45) is 2.90. The summed E-state index contributed by atoms with van der Waals surface area (Å²) in [5.41, 5.74) is 2.76. The van der Waals surface area contributed by atoms with E-state index in [4.69, 9.17) is 9.05 Å². The maximum absolute atomic E-state index is 12.6. The molecule has 0 fully saturated rings. The van der Waals surface area contributed by atoms with E-state index in [9.17, 15) is 14.3 Å². The van der Waals surface area contributed by atoms with Gasteiger partial charge >= 0.3 is 0 Å². The van der Waals surface area contributed by atoms with Gasteiger partial charge in [-0.1, -0.05) is 54.6 Å². The molecule has 0 N–H and O–H groups in total. The van der Waals surface area contributed by atoms with E-state index in [2.05, 4.69) is 4.98 Å². The number of ketones is 1. The molecule has 0 bridgehead atoms. The zero-order valence-electron chi connectivity index (χ0n) is 17.8. The average Bonchev–Trinajstić information content (AvgIpc) is 2.73. The predicted molar refractivity (Wildman–Crippen MR) is 120 cm³/mol. The van der Waals surface area contributed by atoms with E-state index in [1.807, 2.05) is 54.6 Å². The number of carbonyl (C=O) groups is 1. The van der Waals surface area contributed by atoms with Crippen LogP contribution in [0.2, 0.25) is 0 Å². The highest BCUT2D eigenvalue weighted by Gasteiger charge is 2.15. The summed E-state index contributed by atoms with van der Waals surface area (Å²) >= 11 is 0. The molecule has 0 aliphatic heterocycles. The van der Waals surface area contributed by atoms with Crippen LogP contribution >= 0.6 is 7.82 Å². The summed E-state index contributed by atoms with van der Waals surface area (Å²) in [6, 6.07) is 18.0. The summed E-state index contributed by atoms with van der Waals surface area (Å²) in [5.74, 6) is 0.0590. The van der Waals surface area contributed by atoms with E-state index >= 15 is 0 Å². The van der Waals surface area contributed by atoms with Crippen LogP contribution in [0.1, 0.15) is 38.8 Å². The van der Waals surface area contributed by atoms with Crippen LogP contribution in [-0.4, -0.2) is 23.5 Å². The Morgan fingerprint density at radius 1 is 1.06 bits per heavy atom. The first kappa shape index (κ1) is 23.3. The number of benzene rings is 2.